The van der Waals surface area contributed by atoms with Gasteiger partial charge in [0.05, 0.1) is 12.2 Å². The lowest BCUT2D eigenvalue weighted by molar-refractivity contribution is -0.115. The summed E-state index contributed by atoms with van der Waals surface area (Å²) in [6, 6.07) is 6.45. The zero-order valence-corrected chi connectivity index (χ0v) is 19.3. The summed E-state index contributed by atoms with van der Waals surface area (Å²) in [5.41, 5.74) is -1.17. The predicted molar refractivity (Wildman–Crippen MR) is 134 cm³/mol. The Morgan fingerprint density at radius 1 is 1.11 bits per heavy atom. The Bertz CT molecular complexity index is 1350. The third-order valence-electron chi connectivity index (χ3n) is 6.10. The number of pyridine rings is 2. The van der Waals surface area contributed by atoms with Crippen LogP contribution in [0.3, 0.4) is 0 Å². The van der Waals surface area contributed by atoms with Crippen LogP contribution in [0.1, 0.15) is 56.0 Å². The number of hydrogen-bond donors (Lipinski definition) is 2. The van der Waals surface area contributed by atoms with Gasteiger partial charge < -0.3 is 15.4 Å². The first-order chi connectivity index (χ1) is 16.8. The van der Waals surface area contributed by atoms with Gasteiger partial charge in [-0.05, 0) is 56.4 Å². The highest BCUT2D eigenvalue weighted by Crippen LogP contribution is 2.28. The number of nitrogens with zero attached hydrogens (tertiary/aromatic N) is 3. The van der Waals surface area contributed by atoms with E-state index in [1.807, 2.05) is 0 Å². The largest absolute Gasteiger partial charge is 0.423 e. The number of fused-ring (bicyclic) bond motifs is 1. The van der Waals surface area contributed by atoms with Crippen molar-refractivity contribution in [2.24, 2.45) is 0 Å². The van der Waals surface area contributed by atoms with Crippen LogP contribution in [0.5, 0.6) is 0 Å². The van der Waals surface area contributed by atoms with Crippen LogP contribution < -0.4 is 15.8 Å². The normalized spacial score (nSPS) is 13.4. The van der Waals surface area contributed by atoms with Crippen molar-refractivity contribution in [2.45, 2.75) is 46.5 Å². The number of halogens is 2. The highest BCUT2D eigenvalue weighted by Gasteiger charge is 2.24. The van der Waals surface area contributed by atoms with E-state index in [0.29, 0.717) is 15.9 Å². The molecule has 1 saturated heterocycles. The highest BCUT2D eigenvalue weighted by atomic mass is 19.1. The molecule has 1 aliphatic rings. The topological polar surface area (TPSA) is 105 Å². The first-order valence-electron chi connectivity index (χ1n) is 11.5. The Labute approximate surface area is 207 Å². The maximum atomic E-state index is 14.0. The third kappa shape index (κ3) is 5.53. The molecule has 10 heteroatoms. The zero-order chi connectivity index (χ0) is 25.1. The summed E-state index contributed by atoms with van der Waals surface area (Å²) in [5, 5.41) is 13.8. The molecule has 3 heterocycles. The van der Waals surface area contributed by atoms with E-state index in [0.717, 1.165) is 44.5 Å². The monoisotopic (exact) mass is 500 g/mol. The summed E-state index contributed by atoms with van der Waals surface area (Å²) in [6.07, 6.45) is 2.81. The van der Waals surface area contributed by atoms with E-state index in [1.54, 1.807) is 12.1 Å². The van der Waals surface area contributed by atoms with Crippen LogP contribution in [0.2, 0.25) is 0 Å². The second-order valence-electron chi connectivity index (χ2n) is 8.67. The van der Waals surface area contributed by atoms with E-state index in [-0.39, 0.29) is 55.1 Å². The Balaban J connectivity index is 0.00000361. The maximum absolute atomic E-state index is 14.0. The van der Waals surface area contributed by atoms with Crippen LogP contribution in [0, 0.1) is 11.6 Å². The van der Waals surface area contributed by atoms with Crippen molar-refractivity contribution >= 4 is 34.1 Å². The molecule has 192 valence electrons. The highest BCUT2D eigenvalue weighted by molar-refractivity contribution is 6.08. The quantitative estimate of drug-likeness (QED) is 0.350. The van der Waals surface area contributed by atoms with Gasteiger partial charge >= 0.3 is 0 Å². The number of ketones is 2. The lowest BCUT2D eigenvalue weighted by Crippen LogP contribution is -2.31. The van der Waals surface area contributed by atoms with Crippen molar-refractivity contribution in [3.63, 3.8) is 0 Å². The molecule has 0 unspecified atom stereocenters. The Hall–Kier alpha value is -3.82. The smallest absolute Gasteiger partial charge is 0.297 e. The van der Waals surface area contributed by atoms with Gasteiger partial charge in [0.1, 0.15) is 28.8 Å². The first kappa shape index (κ1) is 26.8. The summed E-state index contributed by atoms with van der Waals surface area (Å²) in [7, 11) is 0. The van der Waals surface area contributed by atoms with Crippen molar-refractivity contribution in [3.05, 3.63) is 63.4 Å². The number of anilines is 2. The number of rotatable bonds is 8. The van der Waals surface area contributed by atoms with Crippen LogP contribution in [0.4, 0.5) is 20.3 Å². The minimum Gasteiger partial charge on any atom is -0.423 e. The fraction of sp³-hybridized carbons (Fsp3) is 0.385. The molecule has 36 heavy (non-hydrogen) atoms. The summed E-state index contributed by atoms with van der Waals surface area (Å²) in [6.45, 7) is 2.82. The summed E-state index contributed by atoms with van der Waals surface area (Å²) in [4.78, 5) is 44.4. The predicted octanol–water partition coefficient (Wildman–Crippen LogP) is 4.35. The van der Waals surface area contributed by atoms with Crippen molar-refractivity contribution in [1.29, 1.82) is 0 Å². The van der Waals surface area contributed by atoms with Gasteiger partial charge in [-0.2, -0.15) is 0 Å². The molecule has 0 radical (unpaired) electrons. The van der Waals surface area contributed by atoms with E-state index in [9.17, 15) is 28.4 Å². The second-order valence-corrected chi connectivity index (χ2v) is 8.67. The Morgan fingerprint density at radius 2 is 1.83 bits per heavy atom. The van der Waals surface area contributed by atoms with Gasteiger partial charge in [-0.1, -0.05) is 13.5 Å². The summed E-state index contributed by atoms with van der Waals surface area (Å²) in [5.74, 6) is -1.81. The van der Waals surface area contributed by atoms with Crippen LogP contribution >= 0.6 is 0 Å². The van der Waals surface area contributed by atoms with Gasteiger partial charge in [0.2, 0.25) is 0 Å². The van der Waals surface area contributed by atoms with E-state index >= 15 is 0 Å². The summed E-state index contributed by atoms with van der Waals surface area (Å²) >= 11 is 0. The first-order valence-corrected chi connectivity index (χ1v) is 11.5. The third-order valence-corrected chi connectivity index (χ3v) is 6.10. The van der Waals surface area contributed by atoms with E-state index in [2.05, 4.69) is 15.2 Å². The number of piperidine rings is 1. The van der Waals surface area contributed by atoms with Gasteiger partial charge in [-0.25, -0.2) is 13.8 Å². The van der Waals surface area contributed by atoms with Crippen LogP contribution in [-0.4, -0.2) is 46.1 Å². The average Bonchev–Trinajstić information content (AvgIpc) is 2.84. The molecule has 0 bridgehead atoms. The second kappa shape index (κ2) is 11.3. The van der Waals surface area contributed by atoms with Gasteiger partial charge in [-0.15, -0.1) is 4.73 Å². The van der Waals surface area contributed by atoms with E-state index in [1.165, 1.54) is 13.0 Å². The molecule has 8 nitrogen and oxygen atoms in total. The molecule has 0 atom stereocenters. The minimum absolute atomic E-state index is 0. The van der Waals surface area contributed by atoms with Crippen molar-refractivity contribution in [1.82, 2.24) is 9.71 Å². The number of aryl methyl sites for hydroxylation is 1. The maximum Gasteiger partial charge on any atom is 0.297 e. The Kier molecular flexibility index (Phi) is 8.39. The van der Waals surface area contributed by atoms with Gasteiger partial charge in [0.25, 0.3) is 5.56 Å². The molecule has 2 aromatic heterocycles. The number of carbonyl (C=O) groups is 2. The van der Waals surface area contributed by atoms with E-state index < -0.39 is 23.0 Å². The van der Waals surface area contributed by atoms with Gasteiger partial charge in [0, 0.05) is 31.0 Å². The van der Waals surface area contributed by atoms with Crippen molar-refractivity contribution in [2.75, 3.05) is 29.9 Å². The van der Waals surface area contributed by atoms with Gasteiger partial charge in [0.15, 0.2) is 11.4 Å². The van der Waals surface area contributed by atoms with Crippen molar-refractivity contribution < 1.29 is 23.6 Å². The van der Waals surface area contributed by atoms with Crippen LogP contribution in [-0.2, 0) is 11.2 Å². The number of aromatic nitrogens is 2. The fourth-order valence-electron chi connectivity index (χ4n) is 4.29. The van der Waals surface area contributed by atoms with Crippen molar-refractivity contribution in [3.8, 4) is 0 Å². The molecular formula is C26H30F2N4O4. The molecule has 4 rings (SSSR count). The number of nitrogens with one attached hydrogen (secondary N) is 1. The lowest BCUT2D eigenvalue weighted by Gasteiger charge is -2.28. The number of Topliss-reactive ketones (excluding diaryl/α,β-unsaturated/α-hetero) is 2. The number of benzene rings is 1. The fourth-order valence-corrected chi connectivity index (χ4v) is 4.29. The molecule has 1 fully saturated rings. The molecule has 1 aromatic carbocycles. The molecule has 0 saturated carbocycles. The molecule has 0 aliphatic carbocycles. The number of hydrogen-bond acceptors (Lipinski definition) is 7. The lowest BCUT2D eigenvalue weighted by atomic mass is 10.0. The molecule has 0 spiro atoms. The molecule has 3 aromatic rings. The summed E-state index contributed by atoms with van der Waals surface area (Å²) < 4.78 is 27.5. The molecule has 0 amide bonds. The molecule has 2 N–H and O–H groups in total. The number of carbonyl (C=O) groups excluding carboxylic acids is 2. The van der Waals surface area contributed by atoms with Crippen LogP contribution in [0.15, 0.2) is 35.1 Å². The molecule has 1 aliphatic heterocycles. The van der Waals surface area contributed by atoms with Gasteiger partial charge in [-0.3, -0.25) is 14.4 Å². The standard InChI is InChI=1S/C25H26F2N4O4.CH4/c1-15(32)14-28-23-18-8-10-21(30-11-3-2-4-12-30)29-24(18)31(35)25(34)22(23)20(33)9-6-16-5-7-17(26)13-19(16)27;/h5,7-8,10,13,28,35H,2-4,6,9,11-12,14H2,1H3;1H4. The zero-order valence-electron chi connectivity index (χ0n) is 19.3. The Morgan fingerprint density at radius 3 is 2.50 bits per heavy atom. The molecular weight excluding hydrogens is 470 g/mol. The minimum atomic E-state index is -0.989. The van der Waals surface area contributed by atoms with Crippen LogP contribution in [0.25, 0.3) is 11.0 Å². The average molecular weight is 501 g/mol. The SMILES string of the molecule is C.CC(=O)CNc1c(C(=O)CCc2ccc(F)cc2F)c(=O)n(O)c2nc(N3CCCCC3)ccc12. The van der Waals surface area contributed by atoms with E-state index in [4.69, 9.17) is 0 Å².